The summed E-state index contributed by atoms with van der Waals surface area (Å²) in [6, 6.07) is 9.04. The Morgan fingerprint density at radius 2 is 1.90 bits per heavy atom. The Hall–Kier alpha value is -3.00. The van der Waals surface area contributed by atoms with Gasteiger partial charge in [-0.2, -0.15) is 4.98 Å². The van der Waals surface area contributed by atoms with E-state index in [4.69, 9.17) is 16.2 Å². The Bertz CT molecular complexity index is 1020. The van der Waals surface area contributed by atoms with Crippen molar-refractivity contribution >= 4 is 22.7 Å². The van der Waals surface area contributed by atoms with Crippen molar-refractivity contribution in [2.24, 2.45) is 5.92 Å². The first-order chi connectivity index (χ1) is 14.0. The maximum Gasteiger partial charge on any atom is 0.222 e. The second kappa shape index (κ2) is 8.16. The molecule has 1 aliphatic heterocycles. The Morgan fingerprint density at radius 1 is 1.10 bits per heavy atom. The third kappa shape index (κ3) is 4.22. The molecule has 29 heavy (non-hydrogen) atoms. The Kier molecular flexibility index (Phi) is 5.44. The molecule has 1 fully saturated rings. The fraction of sp³-hybridized carbons (Fsp3) is 0.333. The summed E-state index contributed by atoms with van der Waals surface area (Å²) >= 11 is 0. The van der Waals surface area contributed by atoms with Crippen LogP contribution in [-0.2, 0) is 6.42 Å². The van der Waals surface area contributed by atoms with Gasteiger partial charge < -0.3 is 21.5 Å². The van der Waals surface area contributed by atoms with E-state index in [1.54, 1.807) is 12.1 Å². The summed E-state index contributed by atoms with van der Waals surface area (Å²) in [5.41, 5.74) is 12.8. The van der Waals surface area contributed by atoms with Crippen LogP contribution in [0.25, 0.3) is 10.9 Å². The number of nitrogens with two attached hydrogens (primary N) is 2. The van der Waals surface area contributed by atoms with Gasteiger partial charge >= 0.3 is 0 Å². The zero-order chi connectivity index (χ0) is 20.4. The Labute approximate surface area is 167 Å². The maximum atomic E-state index is 14.3. The van der Waals surface area contributed by atoms with Crippen LogP contribution in [0.1, 0.15) is 18.4 Å². The lowest BCUT2D eigenvalue weighted by Crippen LogP contribution is -2.38. The number of nitrogens with one attached hydrogen (secondary N) is 1. The van der Waals surface area contributed by atoms with Crippen LogP contribution >= 0.6 is 0 Å². The van der Waals surface area contributed by atoms with Gasteiger partial charge in [0.1, 0.15) is 29.3 Å². The average Bonchev–Trinajstić information content (AvgIpc) is 2.69. The molecule has 1 saturated heterocycles. The number of fused-ring (bicyclic) bond motifs is 1. The lowest BCUT2D eigenvalue weighted by molar-refractivity contribution is 0.113. The first-order valence-corrected chi connectivity index (χ1v) is 9.64. The Morgan fingerprint density at radius 3 is 2.66 bits per heavy atom. The molecule has 2 aromatic carbocycles. The SMILES string of the molecule is Nc1nc(N)c2c(OC(Cc3ccc(F)cc3F)C3CCNCC3)cccc2n1. The van der Waals surface area contributed by atoms with Crippen molar-refractivity contribution in [1.82, 2.24) is 15.3 Å². The number of ether oxygens (including phenoxy) is 1. The first kappa shape index (κ1) is 19.3. The molecule has 6 nitrogen and oxygen atoms in total. The van der Waals surface area contributed by atoms with Gasteiger partial charge in [0.05, 0.1) is 10.9 Å². The van der Waals surface area contributed by atoms with Crippen LogP contribution in [0.3, 0.4) is 0 Å². The molecule has 1 aromatic heterocycles. The van der Waals surface area contributed by atoms with Gasteiger partial charge in [-0.05, 0) is 55.6 Å². The molecule has 1 atom stereocenters. The standard InChI is InChI=1S/C21H23F2N5O/c22-14-5-4-13(15(23)11-14)10-18(12-6-8-26-9-7-12)29-17-3-1-2-16-19(17)20(24)28-21(25)27-16/h1-5,11-12,18,26H,6-10H2,(H4,24,25,27,28). The molecule has 0 saturated carbocycles. The number of hydrogen-bond acceptors (Lipinski definition) is 6. The number of anilines is 2. The molecular formula is C21H23F2N5O. The zero-order valence-corrected chi connectivity index (χ0v) is 15.9. The lowest BCUT2D eigenvalue weighted by atomic mass is 9.88. The zero-order valence-electron chi connectivity index (χ0n) is 15.9. The first-order valence-electron chi connectivity index (χ1n) is 9.64. The summed E-state index contributed by atoms with van der Waals surface area (Å²) in [4.78, 5) is 8.26. The highest BCUT2D eigenvalue weighted by molar-refractivity contribution is 5.94. The summed E-state index contributed by atoms with van der Waals surface area (Å²) in [7, 11) is 0. The minimum atomic E-state index is -0.595. The quantitative estimate of drug-likeness (QED) is 0.610. The van der Waals surface area contributed by atoms with Crippen LogP contribution in [0.4, 0.5) is 20.5 Å². The number of benzene rings is 2. The van der Waals surface area contributed by atoms with Crippen molar-refractivity contribution in [2.45, 2.75) is 25.4 Å². The number of hydrogen-bond donors (Lipinski definition) is 3. The van der Waals surface area contributed by atoms with E-state index in [1.807, 2.05) is 6.07 Å². The van der Waals surface area contributed by atoms with Crippen LogP contribution in [0, 0.1) is 17.6 Å². The van der Waals surface area contributed by atoms with Gasteiger partial charge in [-0.15, -0.1) is 0 Å². The molecule has 8 heteroatoms. The molecule has 1 unspecified atom stereocenters. The van der Waals surface area contributed by atoms with E-state index < -0.39 is 11.6 Å². The van der Waals surface area contributed by atoms with Crippen molar-refractivity contribution in [3.63, 3.8) is 0 Å². The summed E-state index contributed by atoms with van der Waals surface area (Å²) < 4.78 is 34.0. The van der Waals surface area contributed by atoms with Crippen molar-refractivity contribution < 1.29 is 13.5 Å². The molecule has 0 amide bonds. The molecule has 2 heterocycles. The second-order valence-electron chi connectivity index (χ2n) is 7.30. The normalized spacial score (nSPS) is 16.1. The third-order valence-corrected chi connectivity index (χ3v) is 5.35. The molecule has 3 aromatic rings. The molecule has 5 N–H and O–H groups in total. The lowest BCUT2D eigenvalue weighted by Gasteiger charge is -2.31. The Balaban J connectivity index is 1.69. The van der Waals surface area contributed by atoms with E-state index in [0.717, 1.165) is 32.0 Å². The maximum absolute atomic E-state index is 14.3. The van der Waals surface area contributed by atoms with E-state index in [2.05, 4.69) is 15.3 Å². The van der Waals surface area contributed by atoms with Gasteiger partial charge in [0, 0.05) is 12.5 Å². The van der Waals surface area contributed by atoms with Gasteiger partial charge in [0.25, 0.3) is 0 Å². The van der Waals surface area contributed by atoms with E-state index in [0.29, 0.717) is 28.6 Å². The van der Waals surface area contributed by atoms with Crippen molar-refractivity contribution in [3.05, 3.63) is 53.6 Å². The third-order valence-electron chi connectivity index (χ3n) is 5.35. The molecule has 0 bridgehead atoms. The van der Waals surface area contributed by atoms with Crippen LogP contribution in [0.15, 0.2) is 36.4 Å². The number of aromatic nitrogens is 2. The van der Waals surface area contributed by atoms with Crippen molar-refractivity contribution in [3.8, 4) is 5.75 Å². The fourth-order valence-electron chi connectivity index (χ4n) is 3.88. The fourth-order valence-corrected chi connectivity index (χ4v) is 3.88. The van der Waals surface area contributed by atoms with E-state index in [-0.39, 0.29) is 23.8 Å². The average molecular weight is 399 g/mol. The summed E-state index contributed by atoms with van der Waals surface area (Å²) in [5.74, 6) is -0.0864. The minimum absolute atomic E-state index is 0.0930. The number of rotatable bonds is 5. The number of halogens is 2. The highest BCUT2D eigenvalue weighted by Gasteiger charge is 2.27. The monoisotopic (exact) mass is 399 g/mol. The molecule has 0 spiro atoms. The molecule has 1 aliphatic rings. The largest absolute Gasteiger partial charge is 0.489 e. The van der Waals surface area contributed by atoms with Crippen molar-refractivity contribution in [2.75, 3.05) is 24.6 Å². The van der Waals surface area contributed by atoms with Gasteiger partial charge in [-0.3, -0.25) is 0 Å². The molecule has 0 aliphatic carbocycles. The van der Waals surface area contributed by atoms with Crippen LogP contribution in [-0.4, -0.2) is 29.2 Å². The van der Waals surface area contributed by atoms with Gasteiger partial charge in [-0.1, -0.05) is 12.1 Å². The van der Waals surface area contributed by atoms with E-state index in [1.165, 1.54) is 12.1 Å². The summed E-state index contributed by atoms with van der Waals surface area (Å²) in [6.45, 7) is 1.74. The van der Waals surface area contributed by atoms with Crippen LogP contribution < -0.4 is 21.5 Å². The van der Waals surface area contributed by atoms with Crippen LogP contribution in [0.2, 0.25) is 0 Å². The summed E-state index contributed by atoms with van der Waals surface area (Å²) in [5, 5.41) is 3.91. The summed E-state index contributed by atoms with van der Waals surface area (Å²) in [6.07, 6.45) is 1.82. The molecular weight excluding hydrogens is 376 g/mol. The smallest absolute Gasteiger partial charge is 0.222 e. The number of piperidine rings is 1. The number of nitrogens with zero attached hydrogens (tertiary/aromatic N) is 2. The van der Waals surface area contributed by atoms with Crippen LogP contribution in [0.5, 0.6) is 5.75 Å². The molecule has 4 rings (SSSR count). The topological polar surface area (TPSA) is 99.1 Å². The van der Waals surface area contributed by atoms with Crippen molar-refractivity contribution in [1.29, 1.82) is 0 Å². The van der Waals surface area contributed by atoms with Gasteiger partial charge in [-0.25, -0.2) is 13.8 Å². The van der Waals surface area contributed by atoms with Gasteiger partial charge in [0.2, 0.25) is 5.95 Å². The van der Waals surface area contributed by atoms with E-state index in [9.17, 15) is 8.78 Å². The minimum Gasteiger partial charge on any atom is -0.489 e. The number of nitrogen functional groups attached to an aromatic ring is 2. The predicted octanol–water partition coefficient (Wildman–Crippen LogP) is 3.06. The highest BCUT2D eigenvalue weighted by atomic mass is 19.1. The predicted molar refractivity (Wildman–Crippen MR) is 108 cm³/mol. The second-order valence-corrected chi connectivity index (χ2v) is 7.30. The highest BCUT2D eigenvalue weighted by Crippen LogP contribution is 2.33. The van der Waals surface area contributed by atoms with E-state index >= 15 is 0 Å². The molecule has 0 radical (unpaired) electrons. The van der Waals surface area contributed by atoms with Gasteiger partial charge in [0.15, 0.2) is 0 Å². The molecule has 152 valence electrons.